The number of fused-ring (bicyclic) bond motifs is 1. The second-order valence-corrected chi connectivity index (χ2v) is 12.9. The van der Waals surface area contributed by atoms with E-state index in [1.165, 1.54) is 11.1 Å². The Morgan fingerprint density at radius 2 is 1.77 bits per heavy atom. The molecule has 0 bridgehead atoms. The van der Waals surface area contributed by atoms with E-state index < -0.39 is 0 Å². The predicted octanol–water partition coefficient (Wildman–Crippen LogP) is 9.35. The fourth-order valence-corrected chi connectivity index (χ4v) is 6.98. The van der Waals surface area contributed by atoms with Crippen LogP contribution in [-0.2, 0) is 6.61 Å². The van der Waals surface area contributed by atoms with Crippen molar-refractivity contribution in [2.24, 2.45) is 5.10 Å². The zero-order chi connectivity index (χ0) is 28.2. The molecule has 208 valence electrons. The average molecular weight is 797 g/mol. The van der Waals surface area contributed by atoms with Crippen molar-refractivity contribution in [3.8, 4) is 11.5 Å². The number of rotatable bonds is 8. The molecule has 3 aromatic carbocycles. The van der Waals surface area contributed by atoms with Crippen LogP contribution < -0.4 is 15.0 Å². The summed E-state index contributed by atoms with van der Waals surface area (Å²) in [7, 11) is 0. The van der Waals surface area contributed by atoms with Gasteiger partial charge in [-0.1, -0.05) is 69.3 Å². The Morgan fingerprint density at radius 3 is 2.52 bits per heavy atom. The third-order valence-corrected chi connectivity index (χ3v) is 10.3. The predicted molar refractivity (Wildman–Crippen MR) is 174 cm³/mol. The Kier molecular flexibility index (Phi) is 9.81. The molecule has 10 heteroatoms. The van der Waals surface area contributed by atoms with Crippen molar-refractivity contribution in [1.82, 2.24) is 9.66 Å². The third kappa shape index (κ3) is 6.40. The van der Waals surface area contributed by atoms with E-state index in [-0.39, 0.29) is 11.5 Å². The molecule has 5 rings (SSSR count). The van der Waals surface area contributed by atoms with E-state index in [2.05, 4.69) is 63.7 Å². The Balaban J connectivity index is 1.53. The zero-order valence-electron chi connectivity index (χ0n) is 21.8. The van der Waals surface area contributed by atoms with Crippen molar-refractivity contribution in [3.05, 3.63) is 93.7 Å². The standard InChI is InChI=1S/C30H27Br4N3O3/c1-2-39-25-14-20(26(33)27(34)28(25)40-17-19-12-13-21(31)15-23(19)32)16-35-37-29(18-8-4-3-5-9-18)36-24-11-7-6-10-22(24)30(37)38/h6-7,10-16,18H,2-5,8-9,17H2,1H3. The maximum absolute atomic E-state index is 13.6. The Bertz CT molecular complexity index is 1630. The summed E-state index contributed by atoms with van der Waals surface area (Å²) in [6, 6.07) is 15.3. The van der Waals surface area contributed by atoms with Gasteiger partial charge in [0.15, 0.2) is 11.5 Å². The first-order valence-electron chi connectivity index (χ1n) is 13.1. The van der Waals surface area contributed by atoms with Crippen LogP contribution in [0.3, 0.4) is 0 Å². The molecule has 4 aromatic rings. The number of hydrogen-bond acceptors (Lipinski definition) is 5. The first-order valence-corrected chi connectivity index (χ1v) is 16.3. The number of aromatic nitrogens is 2. The Morgan fingerprint density at radius 1 is 1.00 bits per heavy atom. The van der Waals surface area contributed by atoms with E-state index in [1.54, 1.807) is 12.3 Å². The van der Waals surface area contributed by atoms with Gasteiger partial charge in [0.25, 0.3) is 5.56 Å². The summed E-state index contributed by atoms with van der Waals surface area (Å²) in [5.74, 6) is 2.07. The molecule has 0 atom stereocenters. The lowest BCUT2D eigenvalue weighted by Gasteiger charge is -2.22. The largest absolute Gasteiger partial charge is 0.490 e. The van der Waals surface area contributed by atoms with Gasteiger partial charge in [-0.3, -0.25) is 4.79 Å². The fourth-order valence-electron chi connectivity index (χ4n) is 4.88. The number of para-hydroxylation sites is 1. The van der Waals surface area contributed by atoms with Crippen molar-refractivity contribution in [2.75, 3.05) is 6.61 Å². The SMILES string of the molecule is CCOc1cc(C=Nn2c(C3CCCCC3)nc3ccccc3c2=O)c(Br)c(Br)c1OCc1ccc(Br)cc1Br. The molecule has 1 aromatic heterocycles. The second-order valence-electron chi connectivity index (χ2n) is 9.56. The van der Waals surface area contributed by atoms with Gasteiger partial charge < -0.3 is 9.47 Å². The van der Waals surface area contributed by atoms with Crippen LogP contribution in [0.25, 0.3) is 10.9 Å². The Labute approximate surface area is 266 Å². The van der Waals surface area contributed by atoms with E-state index in [1.807, 2.05) is 49.4 Å². The van der Waals surface area contributed by atoms with Gasteiger partial charge in [-0.2, -0.15) is 9.78 Å². The van der Waals surface area contributed by atoms with Crippen molar-refractivity contribution in [2.45, 2.75) is 51.6 Å². The molecule has 1 aliphatic carbocycles. The highest BCUT2D eigenvalue weighted by Gasteiger charge is 2.23. The Hall–Kier alpha value is -2.01. The topological polar surface area (TPSA) is 65.7 Å². The smallest absolute Gasteiger partial charge is 0.282 e. The monoisotopic (exact) mass is 793 g/mol. The van der Waals surface area contributed by atoms with Crippen LogP contribution in [0.1, 0.15) is 61.9 Å². The zero-order valence-corrected chi connectivity index (χ0v) is 28.1. The number of benzene rings is 3. The second kappa shape index (κ2) is 13.3. The number of ether oxygens (including phenoxy) is 2. The first kappa shape index (κ1) is 29.5. The molecular weight excluding hydrogens is 770 g/mol. The highest BCUT2D eigenvalue weighted by Crippen LogP contribution is 2.43. The lowest BCUT2D eigenvalue weighted by molar-refractivity contribution is 0.267. The van der Waals surface area contributed by atoms with Gasteiger partial charge >= 0.3 is 0 Å². The molecule has 0 aliphatic heterocycles. The number of nitrogens with zero attached hydrogens (tertiary/aromatic N) is 3. The van der Waals surface area contributed by atoms with Crippen LogP contribution in [0.4, 0.5) is 0 Å². The van der Waals surface area contributed by atoms with Crippen LogP contribution in [0.5, 0.6) is 11.5 Å². The summed E-state index contributed by atoms with van der Waals surface area (Å²) in [6.07, 6.45) is 7.16. The highest BCUT2D eigenvalue weighted by molar-refractivity contribution is 9.13. The van der Waals surface area contributed by atoms with Crippen LogP contribution in [-0.4, -0.2) is 22.5 Å². The summed E-state index contributed by atoms with van der Waals surface area (Å²) >= 11 is 14.5. The van der Waals surface area contributed by atoms with Crippen LogP contribution >= 0.6 is 63.7 Å². The van der Waals surface area contributed by atoms with Crippen molar-refractivity contribution in [3.63, 3.8) is 0 Å². The van der Waals surface area contributed by atoms with Gasteiger partial charge in [0, 0.05) is 30.5 Å². The van der Waals surface area contributed by atoms with E-state index in [0.717, 1.165) is 56.1 Å². The van der Waals surface area contributed by atoms with Crippen LogP contribution in [0.15, 0.2) is 76.3 Å². The summed E-state index contributed by atoms with van der Waals surface area (Å²) in [6.45, 7) is 2.73. The summed E-state index contributed by atoms with van der Waals surface area (Å²) in [5.41, 5.74) is 2.28. The molecule has 0 saturated heterocycles. The van der Waals surface area contributed by atoms with E-state index in [9.17, 15) is 4.79 Å². The minimum atomic E-state index is -0.164. The lowest BCUT2D eigenvalue weighted by atomic mass is 9.88. The molecule has 1 heterocycles. The summed E-state index contributed by atoms with van der Waals surface area (Å²) in [4.78, 5) is 18.5. The van der Waals surface area contributed by atoms with Gasteiger partial charge in [0.2, 0.25) is 0 Å². The number of halogens is 4. The third-order valence-electron chi connectivity index (χ3n) is 6.90. The highest BCUT2D eigenvalue weighted by atomic mass is 79.9. The van der Waals surface area contributed by atoms with E-state index >= 15 is 0 Å². The quantitative estimate of drug-likeness (QED) is 0.167. The minimum absolute atomic E-state index is 0.164. The molecule has 0 N–H and O–H groups in total. The van der Waals surface area contributed by atoms with Crippen LogP contribution in [0.2, 0.25) is 0 Å². The van der Waals surface area contributed by atoms with Gasteiger partial charge in [-0.25, -0.2) is 4.98 Å². The molecule has 0 spiro atoms. The normalized spacial score (nSPS) is 14.2. The molecule has 1 fully saturated rings. The maximum atomic E-state index is 13.6. The fraction of sp³-hybridized carbons (Fsp3) is 0.300. The average Bonchev–Trinajstić information content (AvgIpc) is 2.96. The van der Waals surface area contributed by atoms with Gasteiger partial charge in [0.1, 0.15) is 12.4 Å². The maximum Gasteiger partial charge on any atom is 0.282 e. The molecule has 0 radical (unpaired) electrons. The van der Waals surface area contributed by atoms with E-state index in [4.69, 9.17) is 19.6 Å². The van der Waals surface area contributed by atoms with Crippen molar-refractivity contribution in [1.29, 1.82) is 0 Å². The van der Waals surface area contributed by atoms with Gasteiger partial charge in [-0.05, 0) is 82.0 Å². The number of hydrogen-bond donors (Lipinski definition) is 0. The lowest BCUT2D eigenvalue weighted by Crippen LogP contribution is -2.25. The summed E-state index contributed by atoms with van der Waals surface area (Å²) in [5, 5.41) is 5.26. The van der Waals surface area contributed by atoms with Gasteiger partial charge in [-0.15, -0.1) is 0 Å². The molecule has 1 aliphatic rings. The molecule has 6 nitrogen and oxygen atoms in total. The molecule has 0 unspecified atom stereocenters. The molecule has 40 heavy (non-hydrogen) atoms. The van der Waals surface area contributed by atoms with Gasteiger partial charge in [0.05, 0.1) is 28.2 Å². The summed E-state index contributed by atoms with van der Waals surface area (Å²) < 4.78 is 17.1. The molecule has 1 saturated carbocycles. The molecular formula is C30H27Br4N3O3. The minimum Gasteiger partial charge on any atom is -0.490 e. The van der Waals surface area contributed by atoms with Crippen molar-refractivity contribution >= 4 is 80.8 Å². The molecule has 0 amide bonds. The van der Waals surface area contributed by atoms with E-state index in [0.29, 0.717) is 40.1 Å². The first-order chi connectivity index (χ1) is 19.4. The van der Waals surface area contributed by atoms with Crippen LogP contribution in [0, 0.1) is 0 Å². The van der Waals surface area contributed by atoms with Crippen molar-refractivity contribution < 1.29 is 9.47 Å².